The highest BCUT2D eigenvalue weighted by molar-refractivity contribution is 5.78. The van der Waals surface area contributed by atoms with Crippen molar-refractivity contribution >= 4 is 27.8 Å². The van der Waals surface area contributed by atoms with Crippen molar-refractivity contribution in [2.45, 2.75) is 107 Å². The van der Waals surface area contributed by atoms with Crippen LogP contribution in [0.3, 0.4) is 0 Å². The standard InChI is InChI=1S/C42H48F4N8/c43-27-22-36-34(49-39(51-36)32-6-4-14-47-32)20-25(27)31-8-11-42(53-31,26-21-35-37(23-28(26)44)52-40(50-35)33-7-5-15-48-33)24-18-29(45)38(30(46)19-24)54-16-12-41(13-17-54)9-2-1-3-10-41/h18-23,31-33,47-48,53H,1-17H2,(H,49,51)(H,50,52)/t31-,32-,33-,42+/m0/s1. The van der Waals surface area contributed by atoms with Crippen molar-refractivity contribution in [2.75, 3.05) is 31.1 Å². The third-order valence-corrected chi connectivity index (χ3v) is 13.6. The minimum atomic E-state index is -1.36. The number of benzene rings is 3. The summed E-state index contributed by atoms with van der Waals surface area (Å²) in [5.41, 5.74) is 2.21. The first-order valence-electron chi connectivity index (χ1n) is 20.2. The molecule has 1 aliphatic carbocycles. The summed E-state index contributed by atoms with van der Waals surface area (Å²) in [6.45, 7) is 3.02. The molecule has 5 fully saturated rings. The number of hydrogen-bond donors (Lipinski definition) is 5. The van der Waals surface area contributed by atoms with Crippen LogP contribution in [0.25, 0.3) is 22.1 Å². The van der Waals surface area contributed by atoms with Crippen molar-refractivity contribution in [1.29, 1.82) is 0 Å². The van der Waals surface area contributed by atoms with Crippen LogP contribution in [-0.4, -0.2) is 46.1 Å². The number of nitrogens with zero attached hydrogens (tertiary/aromatic N) is 3. The molecular formula is C42H48F4N8. The Bertz CT molecular complexity index is 2180. The number of anilines is 1. The van der Waals surface area contributed by atoms with Crippen molar-refractivity contribution in [2.24, 2.45) is 5.41 Å². The number of fused-ring (bicyclic) bond motifs is 2. The minimum Gasteiger partial charge on any atom is -0.367 e. The third-order valence-electron chi connectivity index (χ3n) is 13.6. The van der Waals surface area contributed by atoms with E-state index in [-0.39, 0.29) is 40.7 Å². The van der Waals surface area contributed by atoms with Crippen LogP contribution in [0.2, 0.25) is 0 Å². The van der Waals surface area contributed by atoms with E-state index in [1.165, 1.54) is 56.4 Å². The molecule has 5 aromatic rings. The topological polar surface area (TPSA) is 96.7 Å². The lowest BCUT2D eigenvalue weighted by molar-refractivity contribution is 0.144. The summed E-state index contributed by atoms with van der Waals surface area (Å²) in [6, 6.07) is 8.67. The summed E-state index contributed by atoms with van der Waals surface area (Å²) in [5.74, 6) is -0.770. The number of H-pyrrole nitrogens is 2. The van der Waals surface area contributed by atoms with E-state index in [0.717, 1.165) is 63.3 Å². The SMILES string of the molecule is Fc1cc2nc([C@@H]3CCCN3)[nH]c2cc1[C@@H]1CC[C@@](c2cc(F)c(N3CCC4(CCCCC4)CC3)c(F)c2)(c2cc3[nH]c([C@@H]4CCCN4)nc3cc2F)N1. The number of nitrogens with one attached hydrogen (secondary N) is 5. The Hall–Kier alpha value is -4.00. The maximum atomic E-state index is 16.6. The Morgan fingerprint density at radius 3 is 1.81 bits per heavy atom. The fourth-order valence-electron chi connectivity index (χ4n) is 10.6. The summed E-state index contributed by atoms with van der Waals surface area (Å²) < 4.78 is 65.6. The molecule has 12 heteroatoms. The number of aromatic amines is 2. The van der Waals surface area contributed by atoms with E-state index >= 15 is 17.6 Å². The van der Waals surface area contributed by atoms with Gasteiger partial charge in [0.15, 0.2) is 0 Å². The van der Waals surface area contributed by atoms with Crippen LogP contribution >= 0.6 is 0 Å². The van der Waals surface area contributed by atoms with Crippen LogP contribution in [0.4, 0.5) is 23.2 Å². The van der Waals surface area contributed by atoms with E-state index in [1.54, 1.807) is 12.1 Å². The summed E-state index contributed by atoms with van der Waals surface area (Å²) in [5, 5.41) is 10.4. The predicted octanol–water partition coefficient (Wildman–Crippen LogP) is 8.76. The highest BCUT2D eigenvalue weighted by Gasteiger charge is 2.46. The number of halogens is 4. The Morgan fingerprint density at radius 1 is 0.593 bits per heavy atom. The van der Waals surface area contributed by atoms with E-state index in [4.69, 9.17) is 4.98 Å². The molecule has 0 radical (unpaired) electrons. The van der Waals surface area contributed by atoms with Gasteiger partial charge in [-0.2, -0.15) is 0 Å². The average molecular weight is 741 g/mol. The molecule has 6 heterocycles. The first kappa shape index (κ1) is 34.5. The maximum absolute atomic E-state index is 16.6. The molecule has 2 aromatic heterocycles. The normalized spacial score (nSPS) is 27.3. The highest BCUT2D eigenvalue weighted by atomic mass is 19.1. The van der Waals surface area contributed by atoms with Crippen molar-refractivity contribution in [1.82, 2.24) is 35.9 Å². The van der Waals surface area contributed by atoms with Crippen molar-refractivity contribution in [3.63, 3.8) is 0 Å². The van der Waals surface area contributed by atoms with Crippen LogP contribution in [-0.2, 0) is 5.54 Å². The number of rotatable bonds is 6. The maximum Gasteiger partial charge on any atom is 0.149 e. The Labute approximate surface area is 312 Å². The van der Waals surface area contributed by atoms with Gasteiger partial charge in [0.1, 0.15) is 40.6 Å². The molecule has 4 saturated heterocycles. The predicted molar refractivity (Wildman–Crippen MR) is 201 cm³/mol. The quantitative estimate of drug-likeness (QED) is 0.112. The highest BCUT2D eigenvalue weighted by Crippen LogP contribution is 2.49. The Morgan fingerprint density at radius 2 is 1.20 bits per heavy atom. The van der Waals surface area contributed by atoms with Crippen molar-refractivity contribution < 1.29 is 17.6 Å². The van der Waals surface area contributed by atoms with Gasteiger partial charge in [0.2, 0.25) is 0 Å². The summed E-state index contributed by atoms with van der Waals surface area (Å²) in [7, 11) is 0. The molecule has 0 unspecified atom stereocenters. The van der Waals surface area contributed by atoms with Gasteiger partial charge in [-0.15, -0.1) is 0 Å². The largest absolute Gasteiger partial charge is 0.367 e. The van der Waals surface area contributed by atoms with Gasteiger partial charge in [-0.25, -0.2) is 27.5 Å². The van der Waals surface area contributed by atoms with Gasteiger partial charge in [-0.3, -0.25) is 5.32 Å². The Kier molecular flexibility index (Phi) is 8.52. The number of imidazole rings is 2. The Balaban J connectivity index is 1.03. The molecule has 8 nitrogen and oxygen atoms in total. The van der Waals surface area contributed by atoms with E-state index in [0.29, 0.717) is 47.1 Å². The number of aromatic nitrogens is 4. The van der Waals surface area contributed by atoms with Crippen molar-refractivity contribution in [3.8, 4) is 0 Å². The molecule has 0 amide bonds. The van der Waals surface area contributed by atoms with Gasteiger partial charge in [0.25, 0.3) is 0 Å². The molecule has 10 rings (SSSR count). The number of piperidine rings is 1. The van der Waals surface area contributed by atoms with Gasteiger partial charge in [-0.05, 0) is 113 Å². The van der Waals surface area contributed by atoms with Gasteiger partial charge in [0, 0.05) is 42.4 Å². The molecule has 4 atom stereocenters. The van der Waals surface area contributed by atoms with Gasteiger partial charge < -0.3 is 25.5 Å². The molecule has 1 saturated carbocycles. The van der Waals surface area contributed by atoms with Crippen LogP contribution in [0.15, 0.2) is 36.4 Å². The molecule has 5 aliphatic rings. The summed E-state index contributed by atoms with van der Waals surface area (Å²) >= 11 is 0. The van der Waals surface area contributed by atoms with Crippen LogP contribution in [0.1, 0.15) is 130 Å². The smallest absolute Gasteiger partial charge is 0.149 e. The molecular weight excluding hydrogens is 693 g/mol. The molecule has 5 N–H and O–H groups in total. The summed E-state index contributed by atoms with van der Waals surface area (Å²) in [4.78, 5) is 18.0. The lowest BCUT2D eigenvalue weighted by atomic mass is 9.68. The molecule has 3 aromatic carbocycles. The second-order valence-electron chi connectivity index (χ2n) is 16.8. The molecule has 0 bridgehead atoms. The van der Waals surface area contributed by atoms with Crippen LogP contribution in [0, 0.1) is 28.7 Å². The summed E-state index contributed by atoms with van der Waals surface area (Å²) in [6.07, 6.45) is 12.6. The molecule has 284 valence electrons. The zero-order chi connectivity index (χ0) is 36.6. The van der Waals surface area contributed by atoms with E-state index < -0.39 is 34.8 Å². The van der Waals surface area contributed by atoms with E-state index in [1.807, 2.05) is 4.90 Å². The molecule has 4 aliphatic heterocycles. The van der Waals surface area contributed by atoms with Gasteiger partial charge in [-0.1, -0.05) is 19.3 Å². The first-order chi connectivity index (χ1) is 26.3. The fourth-order valence-corrected chi connectivity index (χ4v) is 10.6. The molecule has 54 heavy (non-hydrogen) atoms. The minimum absolute atomic E-state index is 0.0180. The van der Waals surface area contributed by atoms with Gasteiger partial charge >= 0.3 is 0 Å². The number of hydrogen-bond acceptors (Lipinski definition) is 6. The average Bonchev–Trinajstić information content (AvgIpc) is 4.01. The van der Waals surface area contributed by atoms with E-state index in [9.17, 15) is 0 Å². The molecule has 1 spiro atoms. The first-order valence-corrected chi connectivity index (χ1v) is 20.2. The fraction of sp³-hybridized carbons (Fsp3) is 0.524. The second-order valence-corrected chi connectivity index (χ2v) is 16.8. The monoisotopic (exact) mass is 740 g/mol. The second kappa shape index (κ2) is 13.3. The van der Waals surface area contributed by atoms with Crippen molar-refractivity contribution in [3.05, 3.63) is 88.0 Å². The van der Waals surface area contributed by atoms with E-state index in [2.05, 4.69) is 30.9 Å². The van der Waals surface area contributed by atoms with Crippen LogP contribution in [0.5, 0.6) is 0 Å². The third kappa shape index (κ3) is 5.82. The lowest BCUT2D eigenvalue weighted by Crippen LogP contribution is -2.42. The van der Waals surface area contributed by atoms with Gasteiger partial charge in [0.05, 0.1) is 39.7 Å². The zero-order valence-electron chi connectivity index (χ0n) is 30.6. The lowest BCUT2D eigenvalue weighted by Gasteiger charge is -2.45. The van der Waals surface area contributed by atoms with Crippen LogP contribution < -0.4 is 20.9 Å². The zero-order valence-corrected chi connectivity index (χ0v) is 30.6.